The number of sulfone groups is 1. The van der Waals surface area contributed by atoms with Crippen molar-refractivity contribution in [1.82, 2.24) is 9.97 Å². The van der Waals surface area contributed by atoms with Crippen LogP contribution in [-0.2, 0) is 9.84 Å². The third-order valence-corrected chi connectivity index (χ3v) is 5.42. The van der Waals surface area contributed by atoms with Gasteiger partial charge in [0.25, 0.3) is 0 Å². The first-order valence-corrected chi connectivity index (χ1v) is 10.1. The molecule has 1 saturated heterocycles. The van der Waals surface area contributed by atoms with Gasteiger partial charge in [-0.1, -0.05) is 25.4 Å². The van der Waals surface area contributed by atoms with Gasteiger partial charge in [-0.05, 0) is 12.0 Å². The van der Waals surface area contributed by atoms with Crippen molar-refractivity contribution in [3.05, 3.63) is 29.3 Å². The van der Waals surface area contributed by atoms with Gasteiger partial charge < -0.3 is 4.90 Å². The van der Waals surface area contributed by atoms with Crippen molar-refractivity contribution in [2.24, 2.45) is 5.92 Å². The second-order valence-electron chi connectivity index (χ2n) is 6.60. The molecule has 2 aromatic heterocycles. The predicted molar refractivity (Wildman–Crippen MR) is 94.1 cm³/mol. The zero-order chi connectivity index (χ0) is 16.8. The van der Waals surface area contributed by atoms with Gasteiger partial charge >= 0.3 is 0 Å². The van der Waals surface area contributed by atoms with Crippen LogP contribution >= 0.6 is 11.6 Å². The fraction of sp³-hybridized carbons (Fsp3) is 0.500. The largest absolute Gasteiger partial charge is 0.369 e. The van der Waals surface area contributed by atoms with Crippen LogP contribution in [-0.4, -0.2) is 43.5 Å². The Hall–Kier alpha value is -1.40. The summed E-state index contributed by atoms with van der Waals surface area (Å²) in [6.07, 6.45) is 4.93. The number of halogens is 1. The van der Waals surface area contributed by atoms with E-state index in [9.17, 15) is 8.42 Å². The van der Waals surface area contributed by atoms with E-state index in [1.54, 1.807) is 6.20 Å². The number of aromatic nitrogens is 2. The lowest BCUT2D eigenvalue weighted by Gasteiger charge is -2.41. The Morgan fingerprint density at radius 2 is 1.96 bits per heavy atom. The van der Waals surface area contributed by atoms with Crippen molar-refractivity contribution in [1.29, 1.82) is 0 Å². The van der Waals surface area contributed by atoms with Crippen LogP contribution in [0.3, 0.4) is 0 Å². The summed E-state index contributed by atoms with van der Waals surface area (Å²) in [4.78, 5) is 11.0. The molecule has 0 spiro atoms. The summed E-state index contributed by atoms with van der Waals surface area (Å²) in [5, 5.41) is 2.49. The molecule has 0 bridgehead atoms. The molecule has 3 heterocycles. The quantitative estimate of drug-likeness (QED) is 0.791. The Bertz CT molecular complexity index is 846. The topological polar surface area (TPSA) is 63.2 Å². The molecule has 5 nitrogen and oxygen atoms in total. The minimum Gasteiger partial charge on any atom is -0.369 e. The van der Waals surface area contributed by atoms with E-state index in [0.717, 1.165) is 35.2 Å². The van der Waals surface area contributed by atoms with Gasteiger partial charge in [-0.3, -0.25) is 4.98 Å². The molecular weight excluding hydrogens is 334 g/mol. The van der Waals surface area contributed by atoms with E-state index in [0.29, 0.717) is 11.1 Å². The highest BCUT2D eigenvalue weighted by Gasteiger charge is 2.31. The molecule has 0 amide bonds. The van der Waals surface area contributed by atoms with Crippen LogP contribution in [0.25, 0.3) is 10.8 Å². The van der Waals surface area contributed by atoms with Crippen molar-refractivity contribution < 1.29 is 8.42 Å². The highest BCUT2D eigenvalue weighted by molar-refractivity contribution is 7.90. The summed E-state index contributed by atoms with van der Waals surface area (Å²) in [6.45, 7) is 5.66. The average Bonchev–Trinajstić information content (AvgIpc) is 2.40. The molecule has 1 fully saturated rings. The Labute approximate surface area is 141 Å². The van der Waals surface area contributed by atoms with E-state index >= 15 is 0 Å². The van der Waals surface area contributed by atoms with Crippen LogP contribution in [0.5, 0.6) is 0 Å². The molecule has 0 aromatic carbocycles. The normalized spacial score (nSPS) is 16.1. The molecule has 0 aliphatic carbocycles. The Morgan fingerprint density at radius 1 is 1.26 bits per heavy atom. The summed E-state index contributed by atoms with van der Waals surface area (Å²) >= 11 is 6.05. The molecule has 0 saturated carbocycles. The number of rotatable bonds is 4. The van der Waals surface area contributed by atoms with Crippen molar-refractivity contribution in [2.75, 3.05) is 30.0 Å². The van der Waals surface area contributed by atoms with Crippen molar-refractivity contribution in [3.63, 3.8) is 0 Å². The van der Waals surface area contributed by atoms with Crippen LogP contribution < -0.4 is 4.90 Å². The van der Waals surface area contributed by atoms with Crippen molar-refractivity contribution >= 4 is 37.9 Å². The van der Waals surface area contributed by atoms with E-state index in [1.165, 1.54) is 6.26 Å². The van der Waals surface area contributed by atoms with Crippen LogP contribution in [0.2, 0.25) is 5.15 Å². The molecule has 1 aliphatic rings. The molecule has 0 radical (unpaired) electrons. The van der Waals surface area contributed by atoms with Crippen LogP contribution in [0.1, 0.15) is 25.5 Å². The smallest absolute Gasteiger partial charge is 0.147 e. The lowest BCUT2D eigenvalue weighted by Crippen LogP contribution is -2.49. The molecule has 1 aliphatic heterocycles. The Balaban J connectivity index is 1.93. The van der Waals surface area contributed by atoms with Crippen LogP contribution in [0.4, 0.5) is 5.69 Å². The molecule has 124 valence electrons. The molecule has 23 heavy (non-hydrogen) atoms. The van der Waals surface area contributed by atoms with Gasteiger partial charge in [-0.2, -0.15) is 0 Å². The number of nitrogens with zero attached hydrogens (tertiary/aromatic N) is 3. The first-order valence-electron chi connectivity index (χ1n) is 7.61. The summed E-state index contributed by atoms with van der Waals surface area (Å²) in [6, 6.07) is 1.86. The molecule has 2 aromatic rings. The zero-order valence-corrected chi connectivity index (χ0v) is 15.0. The van der Waals surface area contributed by atoms with Crippen molar-refractivity contribution in [2.45, 2.75) is 19.8 Å². The standard InChI is InChI=1S/C16H20ClN3O2S/c1-10(2)16-12-4-15(17)18-5-13(12)14(6-19-16)20-7-11(8-20)9-23(3,21)22/h4-6,10-11H,7-9H2,1-3H3. The van der Waals surface area contributed by atoms with E-state index in [4.69, 9.17) is 11.6 Å². The van der Waals surface area contributed by atoms with E-state index in [1.807, 2.05) is 12.3 Å². The maximum Gasteiger partial charge on any atom is 0.147 e. The van der Waals surface area contributed by atoms with E-state index < -0.39 is 9.84 Å². The molecule has 0 unspecified atom stereocenters. The predicted octanol–water partition coefficient (Wildman–Crippen LogP) is 2.89. The fourth-order valence-electron chi connectivity index (χ4n) is 3.13. The summed E-state index contributed by atoms with van der Waals surface area (Å²) < 4.78 is 22.8. The van der Waals surface area contributed by atoms with Crippen LogP contribution in [0.15, 0.2) is 18.5 Å². The Morgan fingerprint density at radius 3 is 2.57 bits per heavy atom. The number of pyridine rings is 2. The third-order valence-electron chi connectivity index (χ3n) is 4.13. The first-order chi connectivity index (χ1) is 10.7. The van der Waals surface area contributed by atoms with E-state index in [-0.39, 0.29) is 11.7 Å². The van der Waals surface area contributed by atoms with Gasteiger partial charge in [0.2, 0.25) is 0 Å². The Kier molecular flexibility index (Phi) is 4.23. The van der Waals surface area contributed by atoms with Gasteiger partial charge in [0, 0.05) is 42.2 Å². The SMILES string of the molecule is CC(C)c1ncc(N2CC(CS(C)(=O)=O)C2)c2cnc(Cl)cc12. The number of fused-ring (bicyclic) bond motifs is 1. The molecular formula is C16H20ClN3O2S. The maximum atomic E-state index is 11.4. The molecule has 0 atom stereocenters. The summed E-state index contributed by atoms with van der Waals surface area (Å²) in [5.41, 5.74) is 2.00. The lowest BCUT2D eigenvalue weighted by atomic mass is 9.98. The minimum absolute atomic E-state index is 0.185. The highest BCUT2D eigenvalue weighted by atomic mass is 35.5. The fourth-order valence-corrected chi connectivity index (χ4v) is 4.35. The zero-order valence-electron chi connectivity index (χ0n) is 13.5. The molecule has 7 heteroatoms. The second kappa shape index (κ2) is 5.91. The number of anilines is 1. The van der Waals surface area contributed by atoms with Gasteiger partial charge in [-0.15, -0.1) is 0 Å². The molecule has 3 rings (SSSR count). The highest BCUT2D eigenvalue weighted by Crippen LogP contribution is 2.35. The lowest BCUT2D eigenvalue weighted by molar-refractivity contribution is 0.445. The number of hydrogen-bond donors (Lipinski definition) is 0. The summed E-state index contributed by atoms with van der Waals surface area (Å²) in [5.74, 6) is 0.715. The second-order valence-corrected chi connectivity index (χ2v) is 9.17. The van der Waals surface area contributed by atoms with Gasteiger partial charge in [0.15, 0.2) is 0 Å². The van der Waals surface area contributed by atoms with Gasteiger partial charge in [0.1, 0.15) is 15.0 Å². The molecule has 0 N–H and O–H groups in total. The maximum absolute atomic E-state index is 11.4. The van der Waals surface area contributed by atoms with E-state index in [2.05, 4.69) is 28.7 Å². The third kappa shape index (κ3) is 3.43. The van der Waals surface area contributed by atoms with Crippen LogP contribution in [0, 0.1) is 5.92 Å². The minimum atomic E-state index is -2.93. The van der Waals surface area contributed by atoms with Crippen molar-refractivity contribution in [3.8, 4) is 0 Å². The number of hydrogen-bond acceptors (Lipinski definition) is 5. The monoisotopic (exact) mass is 353 g/mol. The van der Waals surface area contributed by atoms with Gasteiger partial charge in [-0.25, -0.2) is 13.4 Å². The summed E-state index contributed by atoms with van der Waals surface area (Å²) in [7, 11) is -2.93. The average molecular weight is 354 g/mol. The van der Waals surface area contributed by atoms with Gasteiger partial charge in [0.05, 0.1) is 23.3 Å². The first kappa shape index (κ1) is 16.5.